The van der Waals surface area contributed by atoms with Gasteiger partial charge in [0.2, 0.25) is 0 Å². The highest BCUT2D eigenvalue weighted by Gasteiger charge is 2.34. The molecule has 1 saturated carbocycles. The van der Waals surface area contributed by atoms with Crippen molar-refractivity contribution in [1.29, 1.82) is 0 Å². The Kier molecular flexibility index (Phi) is 5.25. The smallest absolute Gasteiger partial charge is 0.154 e. The van der Waals surface area contributed by atoms with E-state index in [2.05, 4.69) is 5.32 Å². The molecule has 0 aromatic heterocycles. The third-order valence-corrected chi connectivity index (χ3v) is 5.81. The lowest BCUT2D eigenvalue weighted by Gasteiger charge is -2.32. The van der Waals surface area contributed by atoms with Crippen LogP contribution in [0.4, 0.5) is 0 Å². The highest BCUT2D eigenvalue weighted by molar-refractivity contribution is 7.92. The van der Waals surface area contributed by atoms with Crippen LogP contribution < -0.4 is 5.32 Å². The molecule has 0 aliphatic heterocycles. The van der Waals surface area contributed by atoms with E-state index in [4.69, 9.17) is 0 Å². The third-order valence-electron chi connectivity index (χ3n) is 3.20. The molecule has 1 aliphatic rings. The molecule has 3 nitrogen and oxygen atoms in total. The molecule has 1 fully saturated rings. The van der Waals surface area contributed by atoms with Gasteiger partial charge in [0.15, 0.2) is 9.84 Å². The summed E-state index contributed by atoms with van der Waals surface area (Å²) in [7, 11) is -2.92. The van der Waals surface area contributed by atoms with Crippen molar-refractivity contribution in [3.63, 3.8) is 0 Å². The van der Waals surface area contributed by atoms with Gasteiger partial charge in [-0.25, -0.2) is 8.42 Å². The van der Waals surface area contributed by atoms with Crippen LogP contribution in [0.5, 0.6) is 0 Å². The van der Waals surface area contributed by atoms with Crippen molar-refractivity contribution in [3.05, 3.63) is 0 Å². The fourth-order valence-corrected chi connectivity index (χ4v) is 5.05. The Balaban J connectivity index is 2.73. The minimum Gasteiger partial charge on any atom is -0.313 e. The maximum absolute atomic E-state index is 12.2. The van der Waals surface area contributed by atoms with Crippen LogP contribution >= 0.6 is 0 Å². The fourth-order valence-electron chi connectivity index (χ4n) is 2.61. The maximum Gasteiger partial charge on any atom is 0.154 e. The summed E-state index contributed by atoms with van der Waals surface area (Å²) in [5, 5.41) is 3.19. The minimum absolute atomic E-state index is 0.149. The summed E-state index contributed by atoms with van der Waals surface area (Å²) in [6.07, 6.45) is 4.07. The molecule has 0 saturated heterocycles. The number of sulfone groups is 1. The number of hydrogen-bond acceptors (Lipinski definition) is 3. The first-order valence-electron chi connectivity index (χ1n) is 6.42. The van der Waals surface area contributed by atoms with Crippen LogP contribution in [0.2, 0.25) is 0 Å². The number of rotatable bonds is 5. The first-order valence-corrected chi connectivity index (χ1v) is 8.14. The lowest BCUT2D eigenvalue weighted by molar-refractivity contribution is 0.375. The molecule has 1 N–H and O–H groups in total. The first kappa shape index (κ1) is 14.0. The largest absolute Gasteiger partial charge is 0.313 e. The van der Waals surface area contributed by atoms with Crippen LogP contribution in [0.25, 0.3) is 0 Å². The summed E-state index contributed by atoms with van der Waals surface area (Å²) in [6, 6.07) is 0.183. The van der Waals surface area contributed by atoms with Gasteiger partial charge < -0.3 is 5.32 Å². The molecule has 0 spiro atoms. The average Bonchev–Trinajstić information content (AvgIpc) is 2.17. The Morgan fingerprint density at radius 3 is 2.44 bits per heavy atom. The van der Waals surface area contributed by atoms with Crippen LogP contribution in [-0.4, -0.2) is 32.0 Å². The molecule has 0 heterocycles. The lowest BCUT2D eigenvalue weighted by atomic mass is 9.95. The Morgan fingerprint density at radius 2 is 1.88 bits per heavy atom. The van der Waals surface area contributed by atoms with Gasteiger partial charge in [0.1, 0.15) is 0 Å². The van der Waals surface area contributed by atoms with E-state index in [1.54, 1.807) is 0 Å². The normalized spacial score (nSPS) is 27.2. The second-order valence-corrected chi connectivity index (χ2v) is 7.48. The van der Waals surface area contributed by atoms with Crippen LogP contribution in [-0.2, 0) is 9.84 Å². The van der Waals surface area contributed by atoms with Crippen molar-refractivity contribution in [3.8, 4) is 0 Å². The van der Waals surface area contributed by atoms with Gasteiger partial charge in [-0.05, 0) is 25.3 Å². The molecule has 0 aromatic rings. The summed E-state index contributed by atoms with van der Waals surface area (Å²) in [4.78, 5) is 0. The van der Waals surface area contributed by atoms with Crippen LogP contribution in [0.3, 0.4) is 0 Å². The van der Waals surface area contributed by atoms with Crippen molar-refractivity contribution < 1.29 is 8.42 Å². The van der Waals surface area contributed by atoms with Crippen LogP contribution in [0.15, 0.2) is 0 Å². The Labute approximate surface area is 99.9 Å². The molecule has 0 radical (unpaired) electrons. The van der Waals surface area contributed by atoms with E-state index in [0.717, 1.165) is 32.2 Å². The molecule has 16 heavy (non-hydrogen) atoms. The van der Waals surface area contributed by atoms with E-state index in [1.807, 2.05) is 20.8 Å². The van der Waals surface area contributed by atoms with Gasteiger partial charge in [0, 0.05) is 6.04 Å². The standard InChI is InChI=1S/C12H25NO2S/c1-4-13-11-7-5-6-8-12(11)16(14,15)9-10(2)3/h10-13H,4-9H2,1-3H3. The van der Waals surface area contributed by atoms with E-state index < -0.39 is 9.84 Å². The molecule has 0 amide bonds. The zero-order valence-corrected chi connectivity index (χ0v) is 11.5. The van der Waals surface area contributed by atoms with E-state index in [1.165, 1.54) is 0 Å². The zero-order chi connectivity index (χ0) is 12.2. The Hall–Kier alpha value is -0.0900. The Bertz CT molecular complexity index is 296. The van der Waals surface area contributed by atoms with Gasteiger partial charge in [-0.2, -0.15) is 0 Å². The number of nitrogens with one attached hydrogen (secondary N) is 1. The molecule has 0 bridgehead atoms. The molecular weight excluding hydrogens is 222 g/mol. The quantitative estimate of drug-likeness (QED) is 0.808. The summed E-state index contributed by atoms with van der Waals surface area (Å²) >= 11 is 0. The van der Waals surface area contributed by atoms with Crippen LogP contribution in [0.1, 0.15) is 46.5 Å². The third kappa shape index (κ3) is 3.74. The summed E-state index contributed by atoms with van der Waals surface area (Å²) in [5.41, 5.74) is 0. The van der Waals surface area contributed by atoms with Crippen molar-refractivity contribution in [2.75, 3.05) is 12.3 Å². The monoisotopic (exact) mass is 247 g/mol. The predicted molar refractivity (Wildman–Crippen MR) is 68.3 cm³/mol. The Morgan fingerprint density at radius 1 is 1.25 bits per heavy atom. The van der Waals surface area contributed by atoms with Gasteiger partial charge in [0.25, 0.3) is 0 Å². The van der Waals surface area contributed by atoms with Crippen molar-refractivity contribution in [1.82, 2.24) is 5.32 Å². The first-order chi connectivity index (χ1) is 7.47. The lowest BCUT2D eigenvalue weighted by Crippen LogP contribution is -2.47. The SMILES string of the molecule is CCNC1CCCCC1S(=O)(=O)CC(C)C. The van der Waals surface area contributed by atoms with Crippen LogP contribution in [0, 0.1) is 5.92 Å². The predicted octanol–water partition coefficient (Wildman–Crippen LogP) is 1.98. The summed E-state index contributed by atoms with van der Waals surface area (Å²) < 4.78 is 24.5. The molecule has 0 aromatic carbocycles. The van der Waals surface area contributed by atoms with E-state index in [0.29, 0.717) is 5.75 Å². The molecule has 96 valence electrons. The average molecular weight is 247 g/mol. The van der Waals surface area contributed by atoms with Crippen molar-refractivity contribution in [2.24, 2.45) is 5.92 Å². The van der Waals surface area contributed by atoms with Gasteiger partial charge in [-0.3, -0.25) is 0 Å². The van der Waals surface area contributed by atoms with Gasteiger partial charge in [-0.1, -0.05) is 33.6 Å². The van der Waals surface area contributed by atoms with Gasteiger partial charge >= 0.3 is 0 Å². The second kappa shape index (κ2) is 6.01. The molecule has 4 heteroatoms. The van der Waals surface area contributed by atoms with E-state index in [-0.39, 0.29) is 17.2 Å². The zero-order valence-electron chi connectivity index (χ0n) is 10.7. The molecule has 1 rings (SSSR count). The van der Waals surface area contributed by atoms with Crippen molar-refractivity contribution in [2.45, 2.75) is 57.7 Å². The van der Waals surface area contributed by atoms with Crippen molar-refractivity contribution >= 4 is 9.84 Å². The van der Waals surface area contributed by atoms with E-state index >= 15 is 0 Å². The number of hydrogen-bond donors (Lipinski definition) is 1. The van der Waals surface area contributed by atoms with Gasteiger partial charge in [0.05, 0.1) is 11.0 Å². The fraction of sp³-hybridized carbons (Fsp3) is 1.00. The molecule has 1 aliphatic carbocycles. The van der Waals surface area contributed by atoms with E-state index in [9.17, 15) is 8.42 Å². The summed E-state index contributed by atoms with van der Waals surface area (Å²) in [5.74, 6) is 0.564. The highest BCUT2D eigenvalue weighted by atomic mass is 32.2. The van der Waals surface area contributed by atoms with Gasteiger partial charge in [-0.15, -0.1) is 0 Å². The second-order valence-electron chi connectivity index (χ2n) is 5.21. The molecule has 2 atom stereocenters. The minimum atomic E-state index is -2.92. The summed E-state index contributed by atoms with van der Waals surface area (Å²) in [6.45, 7) is 6.85. The topological polar surface area (TPSA) is 46.2 Å². The molecule has 2 unspecified atom stereocenters. The maximum atomic E-state index is 12.2. The molecular formula is C12H25NO2S. The highest BCUT2D eigenvalue weighted by Crippen LogP contribution is 2.26.